The Morgan fingerprint density at radius 2 is 2.15 bits per heavy atom. The van der Waals surface area contributed by atoms with E-state index in [2.05, 4.69) is 54.9 Å². The molecule has 0 aromatic carbocycles. The molecule has 2 rings (SSSR count). The van der Waals surface area contributed by atoms with Crippen molar-refractivity contribution in [3.8, 4) is 0 Å². The number of nitrogens with zero attached hydrogens (tertiary/aromatic N) is 2. The summed E-state index contributed by atoms with van der Waals surface area (Å²) in [6, 6.07) is 4.43. The maximum atomic E-state index is 4.81. The van der Waals surface area contributed by atoms with Gasteiger partial charge in [-0.3, -0.25) is 0 Å². The first-order chi connectivity index (χ1) is 9.66. The molecule has 3 nitrogen and oxygen atoms in total. The third-order valence-corrected chi connectivity index (χ3v) is 4.64. The molecule has 2 heterocycles. The summed E-state index contributed by atoms with van der Waals surface area (Å²) < 4.78 is 0. The first-order valence-corrected chi connectivity index (χ1v) is 8.82. The summed E-state index contributed by atoms with van der Waals surface area (Å²) >= 11 is 2.06. The Balaban J connectivity index is 1.97. The van der Waals surface area contributed by atoms with Crippen molar-refractivity contribution in [2.24, 2.45) is 5.92 Å². The summed E-state index contributed by atoms with van der Waals surface area (Å²) in [5, 5.41) is 3.49. The van der Waals surface area contributed by atoms with Crippen molar-refractivity contribution in [3.05, 3.63) is 23.4 Å². The molecule has 0 spiro atoms. The monoisotopic (exact) mass is 293 g/mol. The van der Waals surface area contributed by atoms with Crippen molar-refractivity contribution in [2.75, 3.05) is 36.0 Å². The van der Waals surface area contributed by atoms with Gasteiger partial charge in [0.05, 0.1) is 0 Å². The molecule has 1 fully saturated rings. The predicted octanol–water partition coefficient (Wildman–Crippen LogP) is 3.08. The van der Waals surface area contributed by atoms with Gasteiger partial charge in [-0.25, -0.2) is 4.98 Å². The lowest BCUT2D eigenvalue weighted by atomic mass is 10.1. The number of aryl methyl sites for hydroxylation is 1. The highest BCUT2D eigenvalue weighted by molar-refractivity contribution is 7.99. The van der Waals surface area contributed by atoms with Gasteiger partial charge in [0, 0.05) is 31.1 Å². The Morgan fingerprint density at radius 3 is 2.90 bits per heavy atom. The molecule has 0 aliphatic carbocycles. The van der Waals surface area contributed by atoms with E-state index in [1.54, 1.807) is 0 Å². The van der Waals surface area contributed by atoms with E-state index in [0.29, 0.717) is 5.92 Å². The van der Waals surface area contributed by atoms with Crippen LogP contribution in [-0.4, -0.2) is 36.1 Å². The van der Waals surface area contributed by atoms with Crippen LogP contribution in [-0.2, 0) is 6.54 Å². The number of anilines is 1. The average molecular weight is 293 g/mol. The fourth-order valence-electron chi connectivity index (χ4n) is 2.41. The SMILES string of the molecule is Cc1nc(N2CCCSCC2)ccc1CNCC(C)C. The van der Waals surface area contributed by atoms with Gasteiger partial charge in [-0.2, -0.15) is 11.8 Å². The van der Waals surface area contributed by atoms with E-state index in [0.717, 1.165) is 37.7 Å². The molecule has 1 aromatic heterocycles. The largest absolute Gasteiger partial charge is 0.356 e. The Kier molecular flexibility index (Phi) is 6.17. The quantitative estimate of drug-likeness (QED) is 0.903. The van der Waals surface area contributed by atoms with Gasteiger partial charge in [0.25, 0.3) is 0 Å². The lowest BCUT2D eigenvalue weighted by Gasteiger charge is -2.22. The summed E-state index contributed by atoms with van der Waals surface area (Å²) in [6.45, 7) is 10.9. The first-order valence-electron chi connectivity index (χ1n) is 7.66. The lowest BCUT2D eigenvalue weighted by Crippen LogP contribution is -2.27. The summed E-state index contributed by atoms with van der Waals surface area (Å²) in [5.41, 5.74) is 2.48. The Morgan fingerprint density at radius 1 is 1.30 bits per heavy atom. The fraction of sp³-hybridized carbons (Fsp3) is 0.688. The molecule has 0 bridgehead atoms. The van der Waals surface area contributed by atoms with E-state index < -0.39 is 0 Å². The Hall–Kier alpha value is -0.740. The molecule has 0 saturated carbocycles. The Labute approximate surface area is 127 Å². The number of hydrogen-bond acceptors (Lipinski definition) is 4. The van der Waals surface area contributed by atoms with Gasteiger partial charge in [0.1, 0.15) is 5.82 Å². The second kappa shape index (κ2) is 7.89. The zero-order valence-corrected chi connectivity index (χ0v) is 13.8. The van der Waals surface area contributed by atoms with Crippen LogP contribution < -0.4 is 10.2 Å². The topological polar surface area (TPSA) is 28.2 Å². The van der Waals surface area contributed by atoms with E-state index in [9.17, 15) is 0 Å². The van der Waals surface area contributed by atoms with Crippen LogP contribution in [0.25, 0.3) is 0 Å². The van der Waals surface area contributed by atoms with Crippen molar-refractivity contribution in [3.63, 3.8) is 0 Å². The molecule has 1 aliphatic rings. The number of rotatable bonds is 5. The second-order valence-corrected chi connectivity index (χ2v) is 7.12. The standard InChI is InChI=1S/C16H27N3S/c1-13(2)11-17-12-15-5-6-16(18-14(15)3)19-7-4-9-20-10-8-19/h5-6,13,17H,4,7-12H2,1-3H3. The van der Waals surface area contributed by atoms with Crippen LogP contribution in [0.15, 0.2) is 12.1 Å². The molecule has 0 unspecified atom stereocenters. The number of thioether (sulfide) groups is 1. The Bertz CT molecular complexity index is 412. The third kappa shape index (κ3) is 4.67. The normalized spacial score (nSPS) is 16.5. The van der Waals surface area contributed by atoms with Crippen molar-refractivity contribution in [1.82, 2.24) is 10.3 Å². The minimum absolute atomic E-state index is 0.692. The average Bonchev–Trinajstić information content (AvgIpc) is 2.69. The summed E-state index contributed by atoms with van der Waals surface area (Å²) in [5.74, 6) is 4.35. The van der Waals surface area contributed by atoms with Crippen LogP contribution in [0.5, 0.6) is 0 Å². The van der Waals surface area contributed by atoms with E-state index >= 15 is 0 Å². The van der Waals surface area contributed by atoms with Crippen LogP contribution in [0.3, 0.4) is 0 Å². The van der Waals surface area contributed by atoms with Gasteiger partial charge in [-0.05, 0) is 43.2 Å². The summed E-state index contributed by atoms with van der Waals surface area (Å²) in [6.07, 6.45) is 1.27. The number of pyridine rings is 1. The van der Waals surface area contributed by atoms with Crippen molar-refractivity contribution in [2.45, 2.75) is 33.7 Å². The fourth-order valence-corrected chi connectivity index (χ4v) is 3.30. The molecular formula is C16H27N3S. The summed E-state index contributed by atoms with van der Waals surface area (Å²) in [4.78, 5) is 7.24. The van der Waals surface area contributed by atoms with Gasteiger partial charge >= 0.3 is 0 Å². The molecule has 0 radical (unpaired) electrons. The molecule has 1 saturated heterocycles. The van der Waals surface area contributed by atoms with Crippen LogP contribution in [0.2, 0.25) is 0 Å². The highest BCUT2D eigenvalue weighted by Crippen LogP contribution is 2.19. The number of hydrogen-bond donors (Lipinski definition) is 1. The smallest absolute Gasteiger partial charge is 0.128 e. The molecule has 1 aliphatic heterocycles. The zero-order chi connectivity index (χ0) is 14.4. The van der Waals surface area contributed by atoms with E-state index in [4.69, 9.17) is 4.98 Å². The van der Waals surface area contributed by atoms with Gasteiger partial charge in [0.15, 0.2) is 0 Å². The van der Waals surface area contributed by atoms with E-state index in [1.165, 1.54) is 23.5 Å². The molecule has 0 atom stereocenters. The number of aromatic nitrogens is 1. The maximum Gasteiger partial charge on any atom is 0.128 e. The van der Waals surface area contributed by atoms with Crippen LogP contribution in [0.1, 0.15) is 31.5 Å². The summed E-state index contributed by atoms with van der Waals surface area (Å²) in [7, 11) is 0. The molecule has 4 heteroatoms. The molecular weight excluding hydrogens is 266 g/mol. The van der Waals surface area contributed by atoms with Crippen molar-refractivity contribution >= 4 is 17.6 Å². The molecule has 1 aromatic rings. The van der Waals surface area contributed by atoms with Crippen LogP contribution in [0.4, 0.5) is 5.82 Å². The van der Waals surface area contributed by atoms with Crippen LogP contribution >= 0.6 is 11.8 Å². The van der Waals surface area contributed by atoms with Crippen molar-refractivity contribution in [1.29, 1.82) is 0 Å². The van der Waals surface area contributed by atoms with E-state index in [1.807, 2.05) is 0 Å². The molecule has 20 heavy (non-hydrogen) atoms. The van der Waals surface area contributed by atoms with Crippen molar-refractivity contribution < 1.29 is 0 Å². The molecule has 112 valence electrons. The van der Waals surface area contributed by atoms with Gasteiger partial charge in [-0.15, -0.1) is 0 Å². The maximum absolute atomic E-state index is 4.81. The van der Waals surface area contributed by atoms with Crippen LogP contribution in [0, 0.1) is 12.8 Å². The van der Waals surface area contributed by atoms with Gasteiger partial charge in [0.2, 0.25) is 0 Å². The predicted molar refractivity (Wildman–Crippen MR) is 89.7 cm³/mol. The second-order valence-electron chi connectivity index (χ2n) is 5.89. The van der Waals surface area contributed by atoms with E-state index in [-0.39, 0.29) is 0 Å². The van der Waals surface area contributed by atoms with Gasteiger partial charge in [-0.1, -0.05) is 19.9 Å². The highest BCUT2D eigenvalue weighted by Gasteiger charge is 2.12. The third-order valence-electron chi connectivity index (χ3n) is 3.59. The lowest BCUT2D eigenvalue weighted by molar-refractivity contribution is 0.551. The molecule has 1 N–H and O–H groups in total. The minimum atomic E-state index is 0.692. The molecule has 0 amide bonds. The number of nitrogens with one attached hydrogen (secondary N) is 1. The van der Waals surface area contributed by atoms with Gasteiger partial charge < -0.3 is 10.2 Å². The zero-order valence-electron chi connectivity index (χ0n) is 13.0. The minimum Gasteiger partial charge on any atom is -0.356 e. The highest BCUT2D eigenvalue weighted by atomic mass is 32.2. The first kappa shape index (κ1) is 15.6.